The third-order valence-corrected chi connectivity index (χ3v) is 4.13. The van der Waals surface area contributed by atoms with Crippen molar-refractivity contribution in [1.82, 2.24) is 0 Å². The first kappa shape index (κ1) is 18.8. The average Bonchev–Trinajstić information content (AvgIpc) is 2.70. The van der Waals surface area contributed by atoms with Crippen molar-refractivity contribution in [3.05, 3.63) is 83.9 Å². The fourth-order valence-electron chi connectivity index (χ4n) is 2.62. The summed E-state index contributed by atoms with van der Waals surface area (Å²) in [5.74, 6) is -4.04. The fraction of sp³-hybridized carbons (Fsp3) is 0.200. The molecule has 0 saturated carbocycles. The first-order chi connectivity index (χ1) is 12.9. The smallest absolute Gasteiger partial charge is 0.340 e. The molecule has 0 saturated heterocycles. The lowest BCUT2D eigenvalue weighted by atomic mass is 9.93. The zero-order chi connectivity index (χ0) is 19.4. The molecule has 0 fully saturated rings. The highest BCUT2D eigenvalue weighted by Crippen LogP contribution is 2.28. The second-order valence-electron chi connectivity index (χ2n) is 6.04. The highest BCUT2D eigenvalue weighted by molar-refractivity contribution is 5.90. The summed E-state index contributed by atoms with van der Waals surface area (Å²) in [6.07, 6.45) is -2.69. The summed E-state index contributed by atoms with van der Waals surface area (Å²) in [5, 5.41) is 30.9. The van der Waals surface area contributed by atoms with Crippen molar-refractivity contribution >= 4 is 11.9 Å². The minimum Gasteiger partial charge on any atom is -0.452 e. The third kappa shape index (κ3) is 4.06. The number of ether oxygens (including phenoxy) is 2. The lowest BCUT2D eigenvalue weighted by Gasteiger charge is -2.37. The molecule has 27 heavy (non-hydrogen) atoms. The van der Waals surface area contributed by atoms with Gasteiger partial charge in [-0.1, -0.05) is 36.4 Å². The Balaban J connectivity index is 1.72. The predicted molar refractivity (Wildman–Crippen MR) is 93.6 cm³/mol. The summed E-state index contributed by atoms with van der Waals surface area (Å²) >= 11 is 0. The standard InChI is InChI=1S/C20H18O7/c21-16-15(26-18(23)13-7-3-1-4-8-13)11-12-20(25,17(16)22)27-19(24)14-9-5-2-6-10-14/h1-12,15-17,21-22,25H/t15-,16+,17-,20+/m0/s1. The van der Waals surface area contributed by atoms with Crippen molar-refractivity contribution in [1.29, 1.82) is 0 Å². The number of aliphatic hydroxyl groups excluding tert-OH is 2. The quantitative estimate of drug-likeness (QED) is 0.419. The van der Waals surface area contributed by atoms with Crippen molar-refractivity contribution < 1.29 is 34.4 Å². The lowest BCUT2D eigenvalue weighted by molar-refractivity contribution is -0.230. The van der Waals surface area contributed by atoms with Gasteiger partial charge in [-0.25, -0.2) is 9.59 Å². The maximum atomic E-state index is 12.1. The molecule has 7 nitrogen and oxygen atoms in total. The van der Waals surface area contributed by atoms with Crippen LogP contribution in [0.15, 0.2) is 72.8 Å². The first-order valence-electron chi connectivity index (χ1n) is 8.23. The van der Waals surface area contributed by atoms with Gasteiger partial charge >= 0.3 is 11.9 Å². The SMILES string of the molecule is O=C(O[C@H]1C=C[C@@](O)(OC(=O)c2ccccc2)[C@@H](O)[C@@H]1O)c1ccccc1. The van der Waals surface area contributed by atoms with E-state index >= 15 is 0 Å². The van der Waals surface area contributed by atoms with Crippen LogP contribution in [0.25, 0.3) is 0 Å². The molecule has 140 valence electrons. The van der Waals surface area contributed by atoms with E-state index in [1.165, 1.54) is 24.3 Å². The van der Waals surface area contributed by atoms with Gasteiger partial charge in [-0.2, -0.15) is 0 Å². The van der Waals surface area contributed by atoms with E-state index < -0.39 is 36.0 Å². The van der Waals surface area contributed by atoms with Crippen LogP contribution in [0.2, 0.25) is 0 Å². The van der Waals surface area contributed by atoms with Crippen LogP contribution in [-0.2, 0) is 9.47 Å². The molecule has 4 atom stereocenters. The van der Waals surface area contributed by atoms with E-state index in [1.807, 2.05) is 0 Å². The predicted octanol–water partition coefficient (Wildman–Crippen LogP) is 1.05. The highest BCUT2D eigenvalue weighted by Gasteiger charge is 2.48. The molecule has 0 radical (unpaired) electrons. The molecule has 2 aromatic carbocycles. The van der Waals surface area contributed by atoms with E-state index in [0.717, 1.165) is 12.2 Å². The number of benzene rings is 2. The maximum absolute atomic E-state index is 12.1. The number of carbonyl (C=O) groups excluding carboxylic acids is 2. The van der Waals surface area contributed by atoms with Gasteiger partial charge in [-0.3, -0.25) is 0 Å². The van der Waals surface area contributed by atoms with Crippen molar-refractivity contribution in [3.8, 4) is 0 Å². The molecule has 7 heteroatoms. The van der Waals surface area contributed by atoms with Gasteiger partial charge in [0.05, 0.1) is 11.1 Å². The number of rotatable bonds is 4. The topological polar surface area (TPSA) is 113 Å². The van der Waals surface area contributed by atoms with Gasteiger partial charge in [0.25, 0.3) is 5.79 Å². The van der Waals surface area contributed by atoms with Gasteiger partial charge in [-0.15, -0.1) is 0 Å². The molecular weight excluding hydrogens is 352 g/mol. The van der Waals surface area contributed by atoms with Gasteiger partial charge in [0.1, 0.15) is 12.2 Å². The Labute approximate surface area is 155 Å². The summed E-state index contributed by atoms with van der Waals surface area (Å²) in [6.45, 7) is 0. The molecule has 0 bridgehead atoms. The summed E-state index contributed by atoms with van der Waals surface area (Å²) in [5.41, 5.74) is 0.433. The summed E-state index contributed by atoms with van der Waals surface area (Å²) in [6, 6.07) is 16.0. The third-order valence-electron chi connectivity index (χ3n) is 4.13. The second-order valence-corrected chi connectivity index (χ2v) is 6.04. The van der Waals surface area contributed by atoms with Gasteiger partial charge in [-0.05, 0) is 36.4 Å². The summed E-state index contributed by atoms with van der Waals surface area (Å²) in [7, 11) is 0. The number of esters is 2. The van der Waals surface area contributed by atoms with Crippen LogP contribution in [0.4, 0.5) is 0 Å². The van der Waals surface area contributed by atoms with Crippen LogP contribution >= 0.6 is 0 Å². The zero-order valence-corrected chi connectivity index (χ0v) is 14.1. The lowest BCUT2D eigenvalue weighted by Crippen LogP contribution is -2.57. The first-order valence-corrected chi connectivity index (χ1v) is 8.23. The van der Waals surface area contributed by atoms with E-state index in [1.54, 1.807) is 36.4 Å². The van der Waals surface area contributed by atoms with Gasteiger partial charge in [0.15, 0.2) is 6.10 Å². The Morgan fingerprint density at radius 1 is 0.852 bits per heavy atom. The van der Waals surface area contributed by atoms with Gasteiger partial charge in [0, 0.05) is 0 Å². The van der Waals surface area contributed by atoms with Crippen LogP contribution in [-0.4, -0.2) is 51.4 Å². The normalized spacial score (nSPS) is 27.0. The molecule has 1 aliphatic rings. The Kier molecular flexibility index (Phi) is 5.36. The van der Waals surface area contributed by atoms with E-state index in [-0.39, 0.29) is 11.1 Å². The summed E-state index contributed by atoms with van der Waals surface area (Å²) in [4.78, 5) is 24.2. The highest BCUT2D eigenvalue weighted by atomic mass is 16.7. The Morgan fingerprint density at radius 3 is 1.93 bits per heavy atom. The largest absolute Gasteiger partial charge is 0.452 e. The molecule has 3 N–H and O–H groups in total. The molecule has 0 amide bonds. The number of aliphatic hydroxyl groups is 3. The van der Waals surface area contributed by atoms with E-state index in [9.17, 15) is 24.9 Å². The average molecular weight is 370 g/mol. The molecule has 0 aromatic heterocycles. The van der Waals surface area contributed by atoms with Crippen LogP contribution in [0.3, 0.4) is 0 Å². The van der Waals surface area contributed by atoms with E-state index in [2.05, 4.69) is 0 Å². The van der Waals surface area contributed by atoms with Gasteiger partial charge < -0.3 is 24.8 Å². The van der Waals surface area contributed by atoms with Crippen molar-refractivity contribution in [2.75, 3.05) is 0 Å². The minimum absolute atomic E-state index is 0.165. The van der Waals surface area contributed by atoms with Crippen molar-refractivity contribution in [2.24, 2.45) is 0 Å². The van der Waals surface area contributed by atoms with Gasteiger partial charge in [0.2, 0.25) is 0 Å². The molecular formula is C20H18O7. The van der Waals surface area contributed by atoms with Crippen molar-refractivity contribution in [3.63, 3.8) is 0 Å². The Bertz CT molecular complexity index is 834. The fourth-order valence-corrected chi connectivity index (χ4v) is 2.62. The molecule has 0 spiro atoms. The van der Waals surface area contributed by atoms with Crippen LogP contribution in [0.1, 0.15) is 20.7 Å². The molecule has 2 aromatic rings. The number of hydrogen-bond donors (Lipinski definition) is 3. The monoisotopic (exact) mass is 370 g/mol. The van der Waals surface area contributed by atoms with Crippen LogP contribution in [0, 0.1) is 0 Å². The number of carbonyl (C=O) groups is 2. The molecule has 0 aliphatic heterocycles. The maximum Gasteiger partial charge on any atom is 0.340 e. The summed E-state index contributed by atoms with van der Waals surface area (Å²) < 4.78 is 10.1. The molecule has 3 rings (SSSR count). The second kappa shape index (κ2) is 7.71. The Morgan fingerprint density at radius 2 is 1.37 bits per heavy atom. The van der Waals surface area contributed by atoms with Crippen LogP contribution < -0.4 is 0 Å². The molecule has 0 unspecified atom stereocenters. The zero-order valence-electron chi connectivity index (χ0n) is 14.1. The minimum atomic E-state index is -2.46. The molecule has 1 aliphatic carbocycles. The van der Waals surface area contributed by atoms with E-state index in [0.29, 0.717) is 0 Å². The Hall–Kier alpha value is -3.00. The molecule has 0 heterocycles. The van der Waals surface area contributed by atoms with Crippen LogP contribution in [0.5, 0.6) is 0 Å². The number of hydrogen-bond acceptors (Lipinski definition) is 7. The van der Waals surface area contributed by atoms with E-state index in [4.69, 9.17) is 9.47 Å². The van der Waals surface area contributed by atoms with Crippen molar-refractivity contribution in [2.45, 2.75) is 24.1 Å².